The molecule has 18 heavy (non-hydrogen) atoms. The summed E-state index contributed by atoms with van der Waals surface area (Å²) < 4.78 is 4.42. The number of nitrogens with two attached hydrogens (primary N) is 1. The summed E-state index contributed by atoms with van der Waals surface area (Å²) in [6.07, 6.45) is 0. The normalized spacial score (nSPS) is 11.6. The fourth-order valence-corrected chi connectivity index (χ4v) is 1.41. The highest BCUT2D eigenvalue weighted by Crippen LogP contribution is 2.11. The van der Waals surface area contributed by atoms with E-state index in [4.69, 9.17) is 22.5 Å². The number of nitrogens with one attached hydrogen (secondary N) is 1. The molecule has 0 aliphatic rings. The lowest BCUT2D eigenvalue weighted by Gasteiger charge is -2.01. The molecule has 1 heterocycles. The van der Waals surface area contributed by atoms with Crippen LogP contribution in [0.4, 0.5) is 5.82 Å². The molecule has 8 heteroatoms. The van der Waals surface area contributed by atoms with Crippen LogP contribution in [-0.2, 0) is 6.54 Å². The second-order valence-electron chi connectivity index (χ2n) is 3.40. The molecule has 0 bridgehead atoms. The summed E-state index contributed by atoms with van der Waals surface area (Å²) in [6.45, 7) is 0.326. The molecule has 0 aliphatic carbocycles. The highest BCUT2D eigenvalue weighted by molar-refractivity contribution is 6.30. The van der Waals surface area contributed by atoms with Crippen molar-refractivity contribution < 1.29 is 9.84 Å². The first-order valence-electron chi connectivity index (χ1n) is 4.98. The van der Waals surface area contributed by atoms with Crippen LogP contribution < -0.4 is 11.2 Å². The van der Waals surface area contributed by atoms with Gasteiger partial charge in [-0.25, -0.2) is 4.63 Å². The first-order valence-corrected chi connectivity index (χ1v) is 5.36. The lowest BCUT2D eigenvalue weighted by atomic mass is 10.2. The topological polar surface area (TPSA) is 110 Å². The summed E-state index contributed by atoms with van der Waals surface area (Å²) in [6, 6.07) is 7.16. The molecule has 4 N–H and O–H groups in total. The molecule has 0 amide bonds. The van der Waals surface area contributed by atoms with Crippen LogP contribution >= 0.6 is 11.6 Å². The summed E-state index contributed by atoms with van der Waals surface area (Å²) in [7, 11) is 0. The Morgan fingerprint density at radius 2 is 2.11 bits per heavy atom. The van der Waals surface area contributed by atoms with Gasteiger partial charge in [-0.2, -0.15) is 0 Å². The number of aromatic nitrogens is 2. The molecule has 1 aromatic heterocycles. The van der Waals surface area contributed by atoms with E-state index in [9.17, 15) is 0 Å². The molecule has 0 saturated heterocycles. The third kappa shape index (κ3) is 2.76. The molecule has 0 radical (unpaired) electrons. The van der Waals surface area contributed by atoms with E-state index in [-0.39, 0.29) is 17.3 Å². The van der Waals surface area contributed by atoms with Gasteiger partial charge >= 0.3 is 0 Å². The zero-order valence-corrected chi connectivity index (χ0v) is 9.92. The van der Waals surface area contributed by atoms with Gasteiger partial charge in [-0.3, -0.25) is 15.7 Å². The summed E-state index contributed by atoms with van der Waals surface area (Å²) in [5, 5.41) is 16.5. The standard InChI is InChI=1S/C10H10ClN5O2/c11-7-3-1-6(2-4-7)5-13-10(14-17)8-9(12)16-18-15-8/h1-4,17H,5H2,(H2,12,16)(H,13,14). The number of hydrogen-bond donors (Lipinski definition) is 3. The molecule has 2 rings (SSSR count). The van der Waals surface area contributed by atoms with E-state index in [1.165, 1.54) is 0 Å². The largest absolute Gasteiger partial charge is 0.379 e. The lowest BCUT2D eigenvalue weighted by Crippen LogP contribution is -2.22. The summed E-state index contributed by atoms with van der Waals surface area (Å²) in [4.78, 5) is 4.12. The SMILES string of the molecule is Nc1nonc1C(=NCc1ccc(Cl)cc1)NO. The average molecular weight is 268 g/mol. The minimum atomic E-state index is 0.0476. The van der Waals surface area contributed by atoms with Crippen molar-refractivity contribution in [3.63, 3.8) is 0 Å². The number of halogens is 1. The Morgan fingerprint density at radius 1 is 1.39 bits per heavy atom. The lowest BCUT2D eigenvalue weighted by molar-refractivity contribution is 0.233. The van der Waals surface area contributed by atoms with Crippen LogP contribution in [0.15, 0.2) is 33.9 Å². The number of aliphatic imine (C=N–C) groups is 1. The van der Waals surface area contributed by atoms with E-state index in [2.05, 4.69) is 19.9 Å². The zero-order valence-electron chi connectivity index (χ0n) is 9.17. The van der Waals surface area contributed by atoms with Crippen molar-refractivity contribution in [3.05, 3.63) is 40.5 Å². The predicted octanol–water partition coefficient (Wildman–Crippen LogP) is 1.23. The molecule has 2 aromatic rings. The van der Waals surface area contributed by atoms with Gasteiger partial charge < -0.3 is 5.73 Å². The van der Waals surface area contributed by atoms with E-state index in [1.807, 2.05) is 17.6 Å². The molecule has 0 saturated carbocycles. The van der Waals surface area contributed by atoms with Gasteiger partial charge in [0.1, 0.15) is 0 Å². The molecule has 0 atom stereocenters. The third-order valence-electron chi connectivity index (χ3n) is 2.18. The first-order chi connectivity index (χ1) is 8.70. The zero-order chi connectivity index (χ0) is 13.0. The van der Waals surface area contributed by atoms with Crippen molar-refractivity contribution in [3.8, 4) is 0 Å². The van der Waals surface area contributed by atoms with Crippen LogP contribution in [0.25, 0.3) is 0 Å². The van der Waals surface area contributed by atoms with Crippen molar-refractivity contribution in [2.75, 3.05) is 5.73 Å². The van der Waals surface area contributed by atoms with Crippen molar-refractivity contribution in [1.82, 2.24) is 15.8 Å². The number of amidine groups is 1. The molecular weight excluding hydrogens is 258 g/mol. The fraction of sp³-hybridized carbons (Fsp3) is 0.100. The Hall–Kier alpha value is -2.12. The molecule has 0 aliphatic heterocycles. The van der Waals surface area contributed by atoms with Crippen molar-refractivity contribution >= 4 is 23.3 Å². The van der Waals surface area contributed by atoms with Gasteiger partial charge in [-0.05, 0) is 28.0 Å². The van der Waals surface area contributed by atoms with Gasteiger partial charge in [-0.15, -0.1) is 0 Å². The fourth-order valence-electron chi connectivity index (χ4n) is 1.28. The van der Waals surface area contributed by atoms with Gasteiger partial charge in [0, 0.05) is 5.02 Å². The maximum absolute atomic E-state index is 8.98. The van der Waals surface area contributed by atoms with Gasteiger partial charge in [0.2, 0.25) is 0 Å². The van der Waals surface area contributed by atoms with Crippen LogP contribution in [-0.4, -0.2) is 21.4 Å². The maximum atomic E-state index is 8.98. The molecular formula is C10H10ClN5O2. The Bertz CT molecular complexity index is 552. The number of anilines is 1. The van der Waals surface area contributed by atoms with Crippen molar-refractivity contribution in [2.45, 2.75) is 6.54 Å². The quantitative estimate of drug-likeness (QED) is 0.438. The predicted molar refractivity (Wildman–Crippen MR) is 65.3 cm³/mol. The Morgan fingerprint density at radius 3 is 2.67 bits per heavy atom. The highest BCUT2D eigenvalue weighted by atomic mass is 35.5. The van der Waals surface area contributed by atoms with Crippen LogP contribution in [0.1, 0.15) is 11.3 Å². The van der Waals surface area contributed by atoms with Crippen molar-refractivity contribution in [1.29, 1.82) is 0 Å². The monoisotopic (exact) mass is 267 g/mol. The molecule has 94 valence electrons. The second kappa shape index (κ2) is 5.48. The van der Waals surface area contributed by atoms with E-state index < -0.39 is 0 Å². The highest BCUT2D eigenvalue weighted by Gasteiger charge is 2.12. The Balaban J connectivity index is 2.16. The number of benzene rings is 1. The number of hydrogen-bond acceptors (Lipinski definition) is 6. The smallest absolute Gasteiger partial charge is 0.199 e. The second-order valence-corrected chi connectivity index (χ2v) is 3.84. The summed E-state index contributed by atoms with van der Waals surface area (Å²) in [5.41, 5.74) is 8.47. The molecule has 0 spiro atoms. The Kier molecular flexibility index (Phi) is 3.75. The van der Waals surface area contributed by atoms with Crippen LogP contribution in [0.2, 0.25) is 5.02 Å². The molecule has 1 aromatic carbocycles. The number of nitrogens with zero attached hydrogens (tertiary/aromatic N) is 3. The minimum Gasteiger partial charge on any atom is -0.379 e. The molecule has 0 unspecified atom stereocenters. The van der Waals surface area contributed by atoms with E-state index >= 15 is 0 Å². The molecule has 0 fully saturated rings. The number of nitrogen functional groups attached to an aromatic ring is 1. The van der Waals surface area contributed by atoms with Crippen LogP contribution in [0.5, 0.6) is 0 Å². The first kappa shape index (κ1) is 12.3. The number of hydroxylamine groups is 1. The van der Waals surface area contributed by atoms with Crippen LogP contribution in [0, 0.1) is 0 Å². The summed E-state index contributed by atoms with van der Waals surface area (Å²) in [5.74, 6) is 0.134. The average Bonchev–Trinajstić information content (AvgIpc) is 2.79. The number of rotatable bonds is 3. The van der Waals surface area contributed by atoms with Crippen LogP contribution in [0.3, 0.4) is 0 Å². The van der Waals surface area contributed by atoms with E-state index in [0.29, 0.717) is 11.6 Å². The van der Waals surface area contributed by atoms with Gasteiger partial charge in [0.25, 0.3) is 0 Å². The van der Waals surface area contributed by atoms with E-state index in [1.54, 1.807) is 12.1 Å². The van der Waals surface area contributed by atoms with Crippen molar-refractivity contribution in [2.24, 2.45) is 4.99 Å². The minimum absolute atomic E-state index is 0.0476. The maximum Gasteiger partial charge on any atom is 0.199 e. The van der Waals surface area contributed by atoms with Gasteiger partial charge in [-0.1, -0.05) is 23.7 Å². The Labute approximate surface area is 107 Å². The van der Waals surface area contributed by atoms with Gasteiger partial charge in [0.15, 0.2) is 17.3 Å². The summed E-state index contributed by atoms with van der Waals surface area (Å²) >= 11 is 5.77. The van der Waals surface area contributed by atoms with Gasteiger partial charge in [0.05, 0.1) is 6.54 Å². The van der Waals surface area contributed by atoms with E-state index in [0.717, 1.165) is 5.56 Å². The molecule has 7 nitrogen and oxygen atoms in total. The third-order valence-corrected chi connectivity index (χ3v) is 2.43.